The van der Waals surface area contributed by atoms with Crippen LogP contribution >= 0.6 is 35.4 Å². The van der Waals surface area contributed by atoms with Crippen LogP contribution in [0, 0.1) is 11.3 Å². The molecule has 1 atom stereocenters. The summed E-state index contributed by atoms with van der Waals surface area (Å²) in [5.74, 6) is 0. The van der Waals surface area contributed by atoms with Crippen LogP contribution in [0.4, 0.5) is 0 Å². The van der Waals surface area contributed by atoms with Crippen LogP contribution in [0.5, 0.6) is 0 Å². The summed E-state index contributed by atoms with van der Waals surface area (Å²) < 4.78 is 0. The second-order valence-electron chi connectivity index (χ2n) is 2.55. The van der Waals surface area contributed by atoms with Crippen molar-refractivity contribution in [2.24, 2.45) is 0 Å². The van der Waals surface area contributed by atoms with E-state index >= 15 is 0 Å². The smallest absolute Gasteiger partial charge is 0.107 e. The molecule has 0 aliphatic heterocycles. The summed E-state index contributed by atoms with van der Waals surface area (Å²) in [7, 11) is 0. The standard InChI is InChI=1S/C9H5Cl2NOS/c10-7-1-5(9(13)4-14)2-8(11)6(7)3-12/h1-2,4,9,13H. The van der Waals surface area contributed by atoms with Crippen LogP contribution in [0.2, 0.25) is 10.0 Å². The fraction of sp³-hybridized carbons (Fsp3) is 0.111. The van der Waals surface area contributed by atoms with Crippen molar-refractivity contribution >= 4 is 40.8 Å². The van der Waals surface area contributed by atoms with Gasteiger partial charge in [-0.25, -0.2) is 0 Å². The second-order valence-corrected chi connectivity index (χ2v) is 3.64. The average molecular weight is 246 g/mol. The molecule has 1 N–H and O–H groups in total. The van der Waals surface area contributed by atoms with E-state index in [4.69, 9.17) is 28.5 Å². The highest BCUT2D eigenvalue weighted by Crippen LogP contribution is 2.28. The largest absolute Gasteiger partial charge is 0.383 e. The van der Waals surface area contributed by atoms with Gasteiger partial charge in [0, 0.05) is 5.37 Å². The molecular weight excluding hydrogens is 241 g/mol. The summed E-state index contributed by atoms with van der Waals surface area (Å²) in [5, 5.41) is 19.7. The van der Waals surface area contributed by atoms with Gasteiger partial charge in [-0.3, -0.25) is 0 Å². The third-order valence-electron chi connectivity index (χ3n) is 1.65. The van der Waals surface area contributed by atoms with Gasteiger partial charge in [-0.15, -0.1) is 0 Å². The molecule has 2 nitrogen and oxygen atoms in total. The highest BCUT2D eigenvalue weighted by Gasteiger charge is 2.11. The summed E-state index contributed by atoms with van der Waals surface area (Å²) in [6, 6.07) is 4.81. The van der Waals surface area contributed by atoms with Gasteiger partial charge in [-0.05, 0) is 17.7 Å². The summed E-state index contributed by atoms with van der Waals surface area (Å²) in [6.07, 6.45) is -0.896. The Hall–Kier alpha value is -0.660. The molecule has 0 amide bonds. The fourth-order valence-corrected chi connectivity index (χ4v) is 1.69. The first kappa shape index (κ1) is 11.4. The number of benzene rings is 1. The molecule has 0 aromatic heterocycles. The average Bonchev–Trinajstić information content (AvgIpc) is 2.16. The number of hydrogen-bond acceptors (Lipinski definition) is 3. The molecule has 1 aromatic rings. The molecule has 0 saturated heterocycles. The Balaban J connectivity index is 3.28. The van der Waals surface area contributed by atoms with Crippen LogP contribution in [0.15, 0.2) is 12.1 Å². The van der Waals surface area contributed by atoms with Crippen molar-refractivity contribution in [3.8, 4) is 6.07 Å². The molecule has 1 aromatic carbocycles. The van der Waals surface area contributed by atoms with Gasteiger partial charge in [0.15, 0.2) is 0 Å². The van der Waals surface area contributed by atoms with Gasteiger partial charge < -0.3 is 5.11 Å². The van der Waals surface area contributed by atoms with Gasteiger partial charge in [-0.1, -0.05) is 35.4 Å². The zero-order valence-corrected chi connectivity index (χ0v) is 9.20. The van der Waals surface area contributed by atoms with E-state index in [2.05, 4.69) is 12.2 Å². The van der Waals surface area contributed by atoms with Gasteiger partial charge in [0.05, 0.1) is 15.6 Å². The van der Waals surface area contributed by atoms with Crippen LogP contribution in [0.25, 0.3) is 0 Å². The monoisotopic (exact) mass is 245 g/mol. The molecule has 0 heterocycles. The number of hydrogen-bond donors (Lipinski definition) is 1. The Labute approximate surface area is 96.7 Å². The molecule has 0 aliphatic rings. The van der Waals surface area contributed by atoms with E-state index < -0.39 is 6.10 Å². The lowest BCUT2D eigenvalue weighted by molar-refractivity contribution is 0.255. The molecule has 1 rings (SSSR count). The molecular formula is C9H5Cl2NOS. The number of aliphatic hydroxyl groups is 1. The Morgan fingerprint density at radius 2 is 1.93 bits per heavy atom. The number of nitriles is 1. The van der Waals surface area contributed by atoms with Crippen LogP contribution in [-0.2, 0) is 0 Å². The molecule has 0 radical (unpaired) electrons. The van der Waals surface area contributed by atoms with E-state index in [0.29, 0.717) is 5.56 Å². The quantitative estimate of drug-likeness (QED) is 0.816. The Morgan fingerprint density at radius 1 is 1.43 bits per heavy atom. The highest BCUT2D eigenvalue weighted by molar-refractivity contribution is 7.79. The number of aliphatic hydroxyl groups excluding tert-OH is 1. The van der Waals surface area contributed by atoms with Crippen molar-refractivity contribution < 1.29 is 5.11 Å². The third-order valence-corrected chi connectivity index (χ3v) is 2.50. The maximum atomic E-state index is 9.38. The first-order chi connectivity index (χ1) is 6.60. The number of halogens is 2. The molecule has 0 aliphatic carbocycles. The van der Waals surface area contributed by atoms with Crippen molar-refractivity contribution in [2.75, 3.05) is 0 Å². The predicted molar refractivity (Wildman–Crippen MR) is 59.8 cm³/mol. The lowest BCUT2D eigenvalue weighted by Gasteiger charge is -2.07. The van der Waals surface area contributed by atoms with Gasteiger partial charge in [0.2, 0.25) is 0 Å². The molecule has 14 heavy (non-hydrogen) atoms. The number of thiocarbonyl (C=S) groups is 1. The van der Waals surface area contributed by atoms with E-state index in [-0.39, 0.29) is 15.6 Å². The third kappa shape index (κ3) is 2.23. The van der Waals surface area contributed by atoms with E-state index in [9.17, 15) is 5.11 Å². The Bertz CT molecular complexity index is 391. The molecule has 72 valence electrons. The summed E-state index contributed by atoms with van der Waals surface area (Å²) in [6.45, 7) is 0. The molecule has 5 heteroatoms. The lowest BCUT2D eigenvalue weighted by Crippen LogP contribution is -1.97. The van der Waals surface area contributed by atoms with Crippen LogP contribution in [0.3, 0.4) is 0 Å². The highest BCUT2D eigenvalue weighted by atomic mass is 35.5. The lowest BCUT2D eigenvalue weighted by atomic mass is 10.1. The van der Waals surface area contributed by atoms with Gasteiger partial charge >= 0.3 is 0 Å². The summed E-state index contributed by atoms with van der Waals surface area (Å²) in [4.78, 5) is 0. The maximum absolute atomic E-state index is 9.38. The van der Waals surface area contributed by atoms with Crippen molar-refractivity contribution in [3.05, 3.63) is 33.3 Å². The zero-order chi connectivity index (χ0) is 10.7. The maximum Gasteiger partial charge on any atom is 0.107 e. The van der Waals surface area contributed by atoms with Gasteiger partial charge in [-0.2, -0.15) is 5.26 Å². The van der Waals surface area contributed by atoms with Gasteiger partial charge in [0.1, 0.15) is 12.2 Å². The zero-order valence-electron chi connectivity index (χ0n) is 6.87. The first-order valence-corrected chi connectivity index (χ1v) is 4.85. The normalized spacial score (nSPS) is 11.9. The van der Waals surface area contributed by atoms with Crippen molar-refractivity contribution in [1.82, 2.24) is 0 Å². The summed E-state index contributed by atoms with van der Waals surface area (Å²) in [5.41, 5.74) is 0.683. The van der Waals surface area contributed by atoms with Crippen molar-refractivity contribution in [3.63, 3.8) is 0 Å². The minimum absolute atomic E-state index is 0.202. The van der Waals surface area contributed by atoms with E-state index in [1.165, 1.54) is 17.5 Å². The van der Waals surface area contributed by atoms with Crippen molar-refractivity contribution in [1.29, 1.82) is 5.26 Å². The number of nitrogens with zero attached hydrogens (tertiary/aromatic N) is 1. The Kier molecular flexibility index (Phi) is 3.85. The fourth-order valence-electron chi connectivity index (χ4n) is 0.949. The Morgan fingerprint density at radius 3 is 2.29 bits per heavy atom. The molecule has 1 unspecified atom stereocenters. The second kappa shape index (κ2) is 4.72. The molecule has 0 fully saturated rings. The van der Waals surface area contributed by atoms with E-state index in [1.54, 1.807) is 0 Å². The SMILES string of the molecule is N#Cc1c(Cl)cc(C(O)C=S)cc1Cl. The van der Waals surface area contributed by atoms with Crippen LogP contribution < -0.4 is 0 Å². The minimum Gasteiger partial charge on any atom is -0.383 e. The van der Waals surface area contributed by atoms with Crippen molar-refractivity contribution in [2.45, 2.75) is 6.10 Å². The summed E-state index contributed by atoms with van der Waals surface area (Å²) >= 11 is 16.1. The minimum atomic E-state index is -0.896. The number of rotatable bonds is 2. The molecule has 0 bridgehead atoms. The predicted octanol–water partition coefficient (Wildman–Crippen LogP) is 2.90. The van der Waals surface area contributed by atoms with Crippen LogP contribution in [-0.4, -0.2) is 10.5 Å². The first-order valence-electron chi connectivity index (χ1n) is 3.62. The molecule has 0 saturated carbocycles. The topological polar surface area (TPSA) is 44.0 Å². The molecule has 0 spiro atoms. The van der Waals surface area contributed by atoms with Gasteiger partial charge in [0.25, 0.3) is 0 Å². The van der Waals surface area contributed by atoms with Crippen LogP contribution in [0.1, 0.15) is 17.2 Å². The van der Waals surface area contributed by atoms with E-state index in [0.717, 1.165) is 0 Å². The van der Waals surface area contributed by atoms with E-state index in [1.807, 2.05) is 6.07 Å².